The molecule has 0 heterocycles. The Kier molecular flexibility index (Phi) is 5.24. The molecule has 0 rings (SSSR count). The smallest absolute Gasteiger partial charge is 0.0536 e. The van der Waals surface area contributed by atoms with Gasteiger partial charge in [-0.2, -0.15) is 0 Å². The summed E-state index contributed by atoms with van der Waals surface area (Å²) in [6, 6.07) is 0. The Bertz CT molecular complexity index is 36.5. The summed E-state index contributed by atoms with van der Waals surface area (Å²) in [5.74, 6) is 0. The number of hydrogen-bond acceptors (Lipinski definition) is 1. The highest BCUT2D eigenvalue weighted by atomic mass is 31.0. The monoisotopic (exact) mass is 104 g/mol. The van der Waals surface area contributed by atoms with Gasteiger partial charge in [0, 0.05) is 9.47 Å². The fourth-order valence-corrected chi connectivity index (χ4v) is 0.287. The molecule has 0 aromatic rings. The minimum Gasteiger partial charge on any atom is -0.365 e. The van der Waals surface area contributed by atoms with Crippen LogP contribution in [0.4, 0.5) is 0 Å². The Balaban J connectivity index is 2.49. The summed E-state index contributed by atoms with van der Waals surface area (Å²) in [4.78, 5) is 0. The standard InChI is InChI=1S/C4H9OP/c1-2-3-4-5-6/h2H,1,3-4,6H2. The topological polar surface area (TPSA) is 9.23 Å². The summed E-state index contributed by atoms with van der Waals surface area (Å²) in [6.07, 6.45) is 2.76. The van der Waals surface area contributed by atoms with E-state index in [4.69, 9.17) is 0 Å². The fraction of sp³-hybridized carbons (Fsp3) is 0.500. The Morgan fingerprint density at radius 2 is 2.50 bits per heavy atom. The van der Waals surface area contributed by atoms with Crippen molar-refractivity contribution >= 4 is 9.47 Å². The third-order valence-electron chi connectivity index (χ3n) is 0.440. The van der Waals surface area contributed by atoms with Crippen molar-refractivity contribution in [2.45, 2.75) is 6.42 Å². The van der Waals surface area contributed by atoms with Gasteiger partial charge in [-0.15, -0.1) is 6.58 Å². The quantitative estimate of drug-likeness (QED) is 0.298. The maximum atomic E-state index is 4.63. The average molecular weight is 104 g/mol. The van der Waals surface area contributed by atoms with E-state index in [0.717, 1.165) is 13.0 Å². The second-order valence-electron chi connectivity index (χ2n) is 0.948. The fourth-order valence-electron chi connectivity index (χ4n) is 0.151. The van der Waals surface area contributed by atoms with Gasteiger partial charge in [0.25, 0.3) is 0 Å². The normalized spacial score (nSPS) is 8.17. The molecule has 1 atom stereocenters. The first-order chi connectivity index (χ1) is 2.91. The van der Waals surface area contributed by atoms with Crippen LogP contribution in [0.1, 0.15) is 6.42 Å². The molecular formula is C4H9OP. The molecule has 0 spiro atoms. The molecule has 0 fully saturated rings. The van der Waals surface area contributed by atoms with Gasteiger partial charge in [0.1, 0.15) is 0 Å². The van der Waals surface area contributed by atoms with Gasteiger partial charge in [0.15, 0.2) is 0 Å². The second kappa shape index (κ2) is 5.13. The van der Waals surface area contributed by atoms with Gasteiger partial charge in [0.2, 0.25) is 0 Å². The van der Waals surface area contributed by atoms with Crippen LogP contribution in [0, 0.1) is 0 Å². The van der Waals surface area contributed by atoms with Gasteiger partial charge in [-0.05, 0) is 6.42 Å². The van der Waals surface area contributed by atoms with Crippen molar-refractivity contribution in [2.24, 2.45) is 0 Å². The van der Waals surface area contributed by atoms with Crippen molar-refractivity contribution in [1.29, 1.82) is 0 Å². The van der Waals surface area contributed by atoms with E-state index < -0.39 is 0 Å². The van der Waals surface area contributed by atoms with Gasteiger partial charge in [-0.25, -0.2) is 0 Å². The van der Waals surface area contributed by atoms with Crippen LogP contribution in [-0.4, -0.2) is 6.61 Å². The third kappa shape index (κ3) is 4.13. The average Bonchev–Trinajstić information content (AvgIpc) is 1.61. The van der Waals surface area contributed by atoms with Crippen molar-refractivity contribution in [2.75, 3.05) is 6.61 Å². The van der Waals surface area contributed by atoms with Crippen molar-refractivity contribution in [1.82, 2.24) is 0 Å². The molecule has 0 saturated carbocycles. The van der Waals surface area contributed by atoms with Crippen LogP contribution in [0.5, 0.6) is 0 Å². The highest BCUT2D eigenvalue weighted by Crippen LogP contribution is 1.86. The van der Waals surface area contributed by atoms with Crippen LogP contribution < -0.4 is 0 Å². The molecule has 0 aliphatic rings. The Labute approximate surface area is 40.7 Å². The van der Waals surface area contributed by atoms with E-state index in [1.807, 2.05) is 6.08 Å². The van der Waals surface area contributed by atoms with Crippen LogP contribution in [0.2, 0.25) is 0 Å². The van der Waals surface area contributed by atoms with Gasteiger partial charge in [-0.3, -0.25) is 0 Å². The zero-order valence-electron chi connectivity index (χ0n) is 3.68. The van der Waals surface area contributed by atoms with Gasteiger partial charge >= 0.3 is 0 Å². The molecule has 2 heteroatoms. The molecule has 1 unspecified atom stereocenters. The molecule has 0 aliphatic heterocycles. The first-order valence-corrected chi connectivity index (χ1v) is 2.31. The van der Waals surface area contributed by atoms with Crippen LogP contribution in [0.25, 0.3) is 0 Å². The first-order valence-electron chi connectivity index (χ1n) is 1.84. The predicted molar refractivity (Wildman–Crippen MR) is 30.5 cm³/mol. The van der Waals surface area contributed by atoms with Crippen LogP contribution in [-0.2, 0) is 4.52 Å². The largest absolute Gasteiger partial charge is 0.365 e. The van der Waals surface area contributed by atoms with Crippen molar-refractivity contribution in [3.8, 4) is 0 Å². The summed E-state index contributed by atoms with van der Waals surface area (Å²) in [5.41, 5.74) is 0. The number of hydrogen-bond donors (Lipinski definition) is 0. The van der Waals surface area contributed by atoms with Gasteiger partial charge in [0.05, 0.1) is 6.61 Å². The van der Waals surface area contributed by atoms with Crippen LogP contribution in [0.15, 0.2) is 12.7 Å². The van der Waals surface area contributed by atoms with Crippen LogP contribution in [0.3, 0.4) is 0 Å². The molecule has 36 valence electrons. The maximum absolute atomic E-state index is 4.63. The minimum atomic E-state index is 0.758. The van der Waals surface area contributed by atoms with E-state index in [0.29, 0.717) is 0 Å². The lowest BCUT2D eigenvalue weighted by molar-refractivity contribution is 0.381. The molecule has 0 N–H and O–H groups in total. The zero-order valence-corrected chi connectivity index (χ0v) is 4.84. The van der Waals surface area contributed by atoms with Crippen molar-refractivity contribution in [3.05, 3.63) is 12.7 Å². The van der Waals surface area contributed by atoms with E-state index in [1.165, 1.54) is 0 Å². The van der Waals surface area contributed by atoms with E-state index in [1.54, 1.807) is 0 Å². The Morgan fingerprint density at radius 1 is 1.83 bits per heavy atom. The number of rotatable bonds is 3. The summed E-state index contributed by atoms with van der Waals surface area (Å²) in [6.45, 7) is 4.27. The predicted octanol–water partition coefficient (Wildman–Crippen LogP) is 1.37. The highest BCUT2D eigenvalue weighted by molar-refractivity contribution is 7.09. The summed E-state index contributed by atoms with van der Waals surface area (Å²) in [7, 11) is 2.18. The molecule has 0 amide bonds. The minimum absolute atomic E-state index is 0.758. The molecule has 0 radical (unpaired) electrons. The Hall–Kier alpha value is 0.130. The molecule has 0 aromatic heterocycles. The maximum Gasteiger partial charge on any atom is 0.0536 e. The summed E-state index contributed by atoms with van der Waals surface area (Å²) >= 11 is 0. The first kappa shape index (κ1) is 6.13. The molecule has 6 heavy (non-hydrogen) atoms. The summed E-state index contributed by atoms with van der Waals surface area (Å²) in [5, 5.41) is 0. The molecule has 0 aliphatic carbocycles. The highest BCUT2D eigenvalue weighted by Gasteiger charge is 1.70. The molecule has 1 nitrogen and oxygen atoms in total. The zero-order chi connectivity index (χ0) is 4.83. The lowest BCUT2D eigenvalue weighted by atomic mass is 10.5. The summed E-state index contributed by atoms with van der Waals surface area (Å²) < 4.78 is 4.63. The molecule has 0 bridgehead atoms. The van der Waals surface area contributed by atoms with E-state index >= 15 is 0 Å². The van der Waals surface area contributed by atoms with Crippen LogP contribution >= 0.6 is 9.47 Å². The van der Waals surface area contributed by atoms with Gasteiger partial charge in [-0.1, -0.05) is 6.08 Å². The Morgan fingerprint density at radius 3 is 2.67 bits per heavy atom. The molecule has 0 saturated heterocycles. The SMILES string of the molecule is C=CCCOP. The molecule has 0 aromatic carbocycles. The van der Waals surface area contributed by atoms with E-state index in [9.17, 15) is 0 Å². The third-order valence-corrected chi connectivity index (χ3v) is 0.676. The lowest BCUT2D eigenvalue weighted by Crippen LogP contribution is -1.75. The lowest BCUT2D eigenvalue weighted by Gasteiger charge is -1.85. The molecular weight excluding hydrogens is 95.0 g/mol. The van der Waals surface area contributed by atoms with Crippen molar-refractivity contribution < 1.29 is 4.52 Å². The van der Waals surface area contributed by atoms with Crippen molar-refractivity contribution in [3.63, 3.8) is 0 Å². The second-order valence-corrected chi connectivity index (χ2v) is 1.28. The van der Waals surface area contributed by atoms with E-state index in [2.05, 4.69) is 20.6 Å². The van der Waals surface area contributed by atoms with Gasteiger partial charge < -0.3 is 4.52 Å². The van der Waals surface area contributed by atoms with E-state index in [-0.39, 0.29) is 0 Å².